The molecule has 0 bridgehead atoms. The molecule has 1 heterocycles. The Balaban J connectivity index is 1.58. The van der Waals surface area contributed by atoms with Crippen molar-refractivity contribution in [2.75, 3.05) is 13.1 Å². The molecule has 1 saturated carbocycles. The number of carbonyl (C=O) groups excluding carboxylic acids is 1. The minimum absolute atomic E-state index is 0.0508. The summed E-state index contributed by atoms with van der Waals surface area (Å²) in [7, 11) is -3.57. The van der Waals surface area contributed by atoms with Gasteiger partial charge in [-0.05, 0) is 62.8 Å². The van der Waals surface area contributed by atoms with Crippen molar-refractivity contribution in [2.45, 2.75) is 43.5 Å². The van der Waals surface area contributed by atoms with E-state index in [0.29, 0.717) is 37.4 Å². The van der Waals surface area contributed by atoms with Crippen LogP contribution in [0.4, 0.5) is 0 Å². The molecule has 2 fully saturated rings. The molecule has 0 aromatic heterocycles. The Kier molecular flexibility index (Phi) is 5.11. The first kappa shape index (κ1) is 17.9. The van der Waals surface area contributed by atoms with E-state index in [0.717, 1.165) is 0 Å². The lowest BCUT2D eigenvalue weighted by Gasteiger charge is -2.31. The molecule has 7 heteroatoms. The highest BCUT2D eigenvalue weighted by molar-refractivity contribution is 7.89. The van der Waals surface area contributed by atoms with E-state index in [9.17, 15) is 13.2 Å². The van der Waals surface area contributed by atoms with Crippen molar-refractivity contribution in [3.05, 3.63) is 29.8 Å². The van der Waals surface area contributed by atoms with Crippen LogP contribution in [-0.4, -0.2) is 37.8 Å². The number of nitriles is 1. The quantitative estimate of drug-likeness (QED) is 0.867. The first-order valence-corrected chi connectivity index (χ1v) is 10.2. The Bertz CT molecular complexity index is 771. The van der Waals surface area contributed by atoms with Crippen molar-refractivity contribution in [1.82, 2.24) is 9.62 Å². The maximum absolute atomic E-state index is 12.7. The van der Waals surface area contributed by atoms with Crippen LogP contribution >= 0.6 is 0 Å². The lowest BCUT2D eigenvalue weighted by atomic mass is 9.96. The second-order valence-corrected chi connectivity index (χ2v) is 8.89. The Morgan fingerprint density at radius 2 is 1.80 bits per heavy atom. The predicted octanol–water partition coefficient (Wildman–Crippen LogP) is 1.87. The predicted molar refractivity (Wildman–Crippen MR) is 93.0 cm³/mol. The number of benzene rings is 1. The van der Waals surface area contributed by atoms with Gasteiger partial charge in [0.05, 0.1) is 16.5 Å². The molecule has 0 radical (unpaired) electrons. The highest BCUT2D eigenvalue weighted by Crippen LogP contribution is 2.32. The van der Waals surface area contributed by atoms with Crippen LogP contribution in [0, 0.1) is 23.2 Å². The normalized spacial score (nSPS) is 20.6. The van der Waals surface area contributed by atoms with E-state index in [1.54, 1.807) is 0 Å². The fourth-order valence-corrected chi connectivity index (χ4v) is 4.73. The van der Waals surface area contributed by atoms with Crippen LogP contribution in [0.15, 0.2) is 29.2 Å². The largest absolute Gasteiger partial charge is 0.353 e. The Morgan fingerprint density at radius 1 is 1.20 bits per heavy atom. The summed E-state index contributed by atoms with van der Waals surface area (Å²) in [5.41, 5.74) is 0.430. The van der Waals surface area contributed by atoms with Gasteiger partial charge in [0, 0.05) is 25.0 Å². The van der Waals surface area contributed by atoms with E-state index in [4.69, 9.17) is 5.26 Å². The second kappa shape index (κ2) is 7.14. The molecule has 25 heavy (non-hydrogen) atoms. The van der Waals surface area contributed by atoms with Crippen molar-refractivity contribution < 1.29 is 13.2 Å². The summed E-state index contributed by atoms with van der Waals surface area (Å²) in [6.45, 7) is 2.73. The van der Waals surface area contributed by atoms with Gasteiger partial charge < -0.3 is 5.32 Å². The lowest BCUT2D eigenvalue weighted by molar-refractivity contribution is -0.126. The lowest BCUT2D eigenvalue weighted by Crippen LogP contribution is -2.45. The molecule has 1 saturated heterocycles. The highest BCUT2D eigenvalue weighted by Gasteiger charge is 2.34. The van der Waals surface area contributed by atoms with Crippen molar-refractivity contribution in [2.24, 2.45) is 11.8 Å². The van der Waals surface area contributed by atoms with Gasteiger partial charge in [0.1, 0.15) is 0 Å². The van der Waals surface area contributed by atoms with Crippen LogP contribution < -0.4 is 5.32 Å². The van der Waals surface area contributed by atoms with E-state index in [2.05, 4.69) is 5.32 Å². The maximum Gasteiger partial charge on any atom is 0.243 e. The molecule has 1 aliphatic carbocycles. The fourth-order valence-electron chi connectivity index (χ4n) is 3.27. The zero-order chi connectivity index (χ0) is 18.0. The zero-order valence-electron chi connectivity index (χ0n) is 14.3. The fraction of sp³-hybridized carbons (Fsp3) is 0.556. The SMILES string of the molecule is CC(NC(=O)C1CCN(S(=O)(=O)c2ccc(C#N)cc2)CC1)C1CC1. The van der Waals surface area contributed by atoms with Gasteiger partial charge in [-0.2, -0.15) is 9.57 Å². The van der Waals surface area contributed by atoms with Crippen molar-refractivity contribution in [3.8, 4) is 6.07 Å². The van der Waals surface area contributed by atoms with Gasteiger partial charge in [-0.15, -0.1) is 0 Å². The minimum atomic E-state index is -3.57. The number of hydrogen-bond donors (Lipinski definition) is 1. The van der Waals surface area contributed by atoms with Crippen LogP contribution in [0.25, 0.3) is 0 Å². The highest BCUT2D eigenvalue weighted by atomic mass is 32.2. The molecular formula is C18H23N3O3S. The summed E-state index contributed by atoms with van der Waals surface area (Å²) >= 11 is 0. The summed E-state index contributed by atoms with van der Waals surface area (Å²) < 4.78 is 26.8. The van der Waals surface area contributed by atoms with E-state index >= 15 is 0 Å². The molecule has 1 aromatic rings. The molecule has 1 aliphatic heterocycles. The van der Waals surface area contributed by atoms with Crippen molar-refractivity contribution >= 4 is 15.9 Å². The molecule has 1 atom stereocenters. The number of sulfonamides is 1. The number of hydrogen-bond acceptors (Lipinski definition) is 4. The van der Waals surface area contributed by atoms with Gasteiger partial charge in [-0.25, -0.2) is 8.42 Å². The van der Waals surface area contributed by atoms with E-state index in [1.165, 1.54) is 41.4 Å². The molecule has 0 spiro atoms. The zero-order valence-corrected chi connectivity index (χ0v) is 15.1. The summed E-state index contributed by atoms with van der Waals surface area (Å²) in [4.78, 5) is 12.5. The number of nitrogens with one attached hydrogen (secondary N) is 1. The summed E-state index contributed by atoms with van der Waals surface area (Å²) in [6.07, 6.45) is 3.45. The minimum Gasteiger partial charge on any atom is -0.353 e. The molecule has 3 rings (SSSR count). The molecule has 134 valence electrons. The molecule has 2 aliphatic rings. The average molecular weight is 361 g/mol. The average Bonchev–Trinajstić information content (AvgIpc) is 3.47. The summed E-state index contributed by atoms with van der Waals surface area (Å²) in [6, 6.07) is 8.13. The van der Waals surface area contributed by atoms with Gasteiger partial charge in [0.2, 0.25) is 15.9 Å². The van der Waals surface area contributed by atoms with Gasteiger partial charge in [0.15, 0.2) is 0 Å². The van der Waals surface area contributed by atoms with Gasteiger partial charge in [0.25, 0.3) is 0 Å². The Morgan fingerprint density at radius 3 is 2.32 bits per heavy atom. The van der Waals surface area contributed by atoms with Crippen LogP contribution in [0.3, 0.4) is 0 Å². The van der Waals surface area contributed by atoms with Crippen LogP contribution in [0.2, 0.25) is 0 Å². The summed E-state index contributed by atoms with van der Waals surface area (Å²) in [5, 5.41) is 11.9. The number of rotatable bonds is 5. The van der Waals surface area contributed by atoms with Gasteiger partial charge in [-0.1, -0.05) is 0 Å². The van der Waals surface area contributed by atoms with E-state index in [1.807, 2.05) is 13.0 Å². The number of carbonyl (C=O) groups is 1. The van der Waals surface area contributed by atoms with Gasteiger partial charge in [-0.3, -0.25) is 4.79 Å². The van der Waals surface area contributed by atoms with Crippen molar-refractivity contribution in [1.29, 1.82) is 5.26 Å². The van der Waals surface area contributed by atoms with E-state index < -0.39 is 10.0 Å². The van der Waals surface area contributed by atoms with Crippen molar-refractivity contribution in [3.63, 3.8) is 0 Å². The van der Waals surface area contributed by atoms with Gasteiger partial charge >= 0.3 is 0 Å². The van der Waals surface area contributed by atoms with Crippen LogP contribution in [-0.2, 0) is 14.8 Å². The monoisotopic (exact) mass is 361 g/mol. The Hall–Kier alpha value is -1.91. The maximum atomic E-state index is 12.7. The summed E-state index contributed by atoms with van der Waals surface area (Å²) in [5.74, 6) is 0.546. The second-order valence-electron chi connectivity index (χ2n) is 6.95. The Labute approximate surface area is 148 Å². The third-order valence-corrected chi connectivity index (χ3v) is 7.06. The third kappa shape index (κ3) is 4.02. The van der Waals surface area contributed by atoms with E-state index in [-0.39, 0.29) is 22.8 Å². The molecule has 1 unspecified atom stereocenters. The first-order valence-electron chi connectivity index (χ1n) is 8.72. The molecule has 1 N–H and O–H groups in total. The molecule has 1 amide bonds. The number of nitrogens with zero attached hydrogens (tertiary/aromatic N) is 2. The smallest absolute Gasteiger partial charge is 0.243 e. The standard InChI is InChI=1S/C18H23N3O3S/c1-13(15-4-5-15)20-18(22)16-8-10-21(11-9-16)25(23,24)17-6-2-14(12-19)3-7-17/h2-3,6-7,13,15-16H,4-5,8-11H2,1H3,(H,20,22). The number of amides is 1. The molecular weight excluding hydrogens is 338 g/mol. The third-order valence-electron chi connectivity index (χ3n) is 5.14. The molecule has 1 aromatic carbocycles. The topological polar surface area (TPSA) is 90.3 Å². The van der Waals surface area contributed by atoms with Crippen LogP contribution in [0.5, 0.6) is 0 Å². The number of piperidine rings is 1. The first-order chi connectivity index (χ1) is 11.9. The van der Waals surface area contributed by atoms with Crippen LogP contribution in [0.1, 0.15) is 38.2 Å². The molecule has 6 nitrogen and oxygen atoms in total.